The molecule has 0 spiro atoms. The molecule has 8 heteroatoms. The molecule has 2 aliphatic heterocycles. The summed E-state index contributed by atoms with van der Waals surface area (Å²) in [5.74, 6) is 0.109. The molecule has 0 radical (unpaired) electrons. The van der Waals surface area contributed by atoms with Gasteiger partial charge in [-0.1, -0.05) is 25.1 Å². The van der Waals surface area contributed by atoms with Gasteiger partial charge in [-0.3, -0.25) is 9.69 Å². The molecule has 0 aromatic heterocycles. The summed E-state index contributed by atoms with van der Waals surface area (Å²) >= 11 is 1.25. The molecule has 2 heterocycles. The first-order valence-electron chi connectivity index (χ1n) is 10.3. The van der Waals surface area contributed by atoms with E-state index in [9.17, 15) is 19.6 Å². The van der Waals surface area contributed by atoms with Gasteiger partial charge in [-0.05, 0) is 36.2 Å². The second kappa shape index (κ2) is 8.85. The highest BCUT2D eigenvalue weighted by atomic mass is 32.2. The minimum atomic E-state index is -1.63. The van der Waals surface area contributed by atoms with E-state index in [4.69, 9.17) is 9.47 Å². The molecule has 0 unspecified atom stereocenters. The van der Waals surface area contributed by atoms with Crippen LogP contribution in [0.25, 0.3) is 0 Å². The van der Waals surface area contributed by atoms with Gasteiger partial charge >= 0.3 is 0 Å². The fourth-order valence-corrected chi connectivity index (χ4v) is 5.43. The number of methoxy groups -OCH3 is 1. The number of amides is 1. The van der Waals surface area contributed by atoms with Gasteiger partial charge in [0.2, 0.25) is 5.91 Å². The SMILES string of the molecule is CCCOc1ccc([C@@H]2CC(=O)N3C(=C2C#N)SC[C@@]3(O)c2ccc(F)cc2)cc1OC. The largest absolute Gasteiger partial charge is 0.493 e. The number of nitriles is 1. The number of rotatable bonds is 6. The molecule has 0 aliphatic carbocycles. The van der Waals surface area contributed by atoms with Crippen LogP contribution in [-0.2, 0) is 10.5 Å². The number of hydrogen-bond donors (Lipinski definition) is 1. The third kappa shape index (κ3) is 3.72. The predicted molar refractivity (Wildman–Crippen MR) is 118 cm³/mol. The van der Waals surface area contributed by atoms with Crippen molar-refractivity contribution < 1.29 is 23.8 Å². The van der Waals surface area contributed by atoms with Crippen LogP contribution >= 0.6 is 11.8 Å². The first kappa shape index (κ1) is 22.2. The number of ether oxygens (including phenoxy) is 2. The van der Waals surface area contributed by atoms with Crippen LogP contribution in [0, 0.1) is 17.1 Å². The molecule has 2 aromatic carbocycles. The van der Waals surface area contributed by atoms with Crippen LogP contribution in [0.1, 0.15) is 36.8 Å². The van der Waals surface area contributed by atoms with Crippen LogP contribution in [0.3, 0.4) is 0 Å². The van der Waals surface area contributed by atoms with E-state index in [1.807, 2.05) is 13.0 Å². The van der Waals surface area contributed by atoms with Gasteiger partial charge in [-0.15, -0.1) is 11.8 Å². The van der Waals surface area contributed by atoms with E-state index in [-0.39, 0.29) is 18.1 Å². The highest BCUT2D eigenvalue weighted by Crippen LogP contribution is 2.52. The number of carbonyl (C=O) groups is 1. The number of carbonyl (C=O) groups excluding carboxylic acids is 1. The van der Waals surface area contributed by atoms with E-state index in [1.54, 1.807) is 19.2 Å². The van der Waals surface area contributed by atoms with Gasteiger partial charge in [0.15, 0.2) is 17.2 Å². The van der Waals surface area contributed by atoms with Crippen molar-refractivity contribution >= 4 is 17.7 Å². The lowest BCUT2D eigenvalue weighted by Crippen LogP contribution is -2.48. The summed E-state index contributed by atoms with van der Waals surface area (Å²) in [5, 5.41) is 21.8. The van der Waals surface area contributed by atoms with E-state index in [1.165, 1.54) is 40.9 Å². The third-order valence-electron chi connectivity index (χ3n) is 5.67. The topological polar surface area (TPSA) is 82.8 Å². The van der Waals surface area contributed by atoms with Gasteiger partial charge in [-0.2, -0.15) is 5.26 Å². The zero-order valence-electron chi connectivity index (χ0n) is 17.8. The molecule has 0 saturated carbocycles. The molecule has 1 N–H and O–H groups in total. The maximum absolute atomic E-state index is 13.4. The van der Waals surface area contributed by atoms with Crippen molar-refractivity contribution in [1.82, 2.24) is 4.90 Å². The summed E-state index contributed by atoms with van der Waals surface area (Å²) in [7, 11) is 1.55. The minimum absolute atomic E-state index is 0.0226. The van der Waals surface area contributed by atoms with Gasteiger partial charge in [0, 0.05) is 17.9 Å². The van der Waals surface area contributed by atoms with E-state index in [0.717, 1.165) is 12.0 Å². The van der Waals surface area contributed by atoms with Gasteiger partial charge in [0.1, 0.15) is 5.82 Å². The number of halogens is 1. The van der Waals surface area contributed by atoms with Crippen LogP contribution in [0.5, 0.6) is 11.5 Å². The van der Waals surface area contributed by atoms with E-state index in [2.05, 4.69) is 6.07 Å². The number of thioether (sulfide) groups is 1. The van der Waals surface area contributed by atoms with Crippen molar-refractivity contribution in [2.75, 3.05) is 19.5 Å². The zero-order valence-corrected chi connectivity index (χ0v) is 18.6. The average Bonchev–Trinajstić information content (AvgIpc) is 3.17. The Bertz CT molecular complexity index is 1110. The summed E-state index contributed by atoms with van der Waals surface area (Å²) in [6.45, 7) is 2.57. The molecular formula is C24H23FN2O4S. The van der Waals surface area contributed by atoms with Crippen molar-refractivity contribution in [2.24, 2.45) is 0 Å². The minimum Gasteiger partial charge on any atom is -0.493 e. The molecule has 2 atom stereocenters. The predicted octanol–water partition coefficient (Wildman–Crippen LogP) is 4.27. The van der Waals surface area contributed by atoms with E-state index in [0.29, 0.717) is 34.3 Å². The lowest BCUT2D eigenvalue weighted by atomic mass is 9.85. The molecule has 4 rings (SSSR count). The highest BCUT2D eigenvalue weighted by Gasteiger charge is 2.51. The van der Waals surface area contributed by atoms with Crippen LogP contribution in [0.4, 0.5) is 4.39 Å². The molecule has 2 aromatic rings. The maximum Gasteiger partial charge on any atom is 0.231 e. The Kier molecular flexibility index (Phi) is 6.13. The lowest BCUT2D eigenvalue weighted by Gasteiger charge is -2.38. The fourth-order valence-electron chi connectivity index (χ4n) is 4.07. The summed E-state index contributed by atoms with van der Waals surface area (Å²) in [6, 6.07) is 13.1. The summed E-state index contributed by atoms with van der Waals surface area (Å²) in [6.07, 6.45) is 0.880. The molecule has 166 valence electrons. The average molecular weight is 455 g/mol. The monoisotopic (exact) mass is 454 g/mol. The number of allylic oxidation sites excluding steroid dienone is 1. The summed E-state index contributed by atoms with van der Waals surface area (Å²) in [5.41, 5.74) is -0.0463. The Morgan fingerprint density at radius 1 is 1.28 bits per heavy atom. The molecular weight excluding hydrogens is 431 g/mol. The van der Waals surface area contributed by atoms with Crippen LogP contribution in [0.15, 0.2) is 53.1 Å². The number of benzene rings is 2. The normalized spacial score (nSPS) is 22.5. The molecule has 6 nitrogen and oxygen atoms in total. The zero-order chi connectivity index (χ0) is 22.9. The van der Waals surface area contributed by atoms with Gasteiger partial charge in [-0.25, -0.2) is 4.39 Å². The quantitative estimate of drug-likeness (QED) is 0.702. The number of aliphatic hydroxyl groups is 1. The summed E-state index contributed by atoms with van der Waals surface area (Å²) < 4.78 is 24.6. The molecule has 2 aliphatic rings. The molecule has 1 saturated heterocycles. The van der Waals surface area contributed by atoms with Crippen molar-refractivity contribution in [1.29, 1.82) is 5.26 Å². The lowest BCUT2D eigenvalue weighted by molar-refractivity contribution is -0.149. The molecule has 1 fully saturated rings. The maximum atomic E-state index is 13.4. The number of hydrogen-bond acceptors (Lipinski definition) is 6. The number of nitrogens with zero attached hydrogens (tertiary/aromatic N) is 2. The Morgan fingerprint density at radius 2 is 2.03 bits per heavy atom. The van der Waals surface area contributed by atoms with Crippen molar-refractivity contribution in [3.63, 3.8) is 0 Å². The van der Waals surface area contributed by atoms with Crippen LogP contribution < -0.4 is 9.47 Å². The van der Waals surface area contributed by atoms with E-state index < -0.39 is 17.5 Å². The first-order chi connectivity index (χ1) is 15.4. The van der Waals surface area contributed by atoms with Gasteiger partial charge < -0.3 is 14.6 Å². The summed E-state index contributed by atoms with van der Waals surface area (Å²) in [4.78, 5) is 14.5. The fraction of sp³-hybridized carbons (Fsp3) is 0.333. The Labute approximate surface area is 190 Å². The van der Waals surface area contributed by atoms with Gasteiger partial charge in [0.25, 0.3) is 0 Å². The van der Waals surface area contributed by atoms with Crippen molar-refractivity contribution in [2.45, 2.75) is 31.4 Å². The second-order valence-corrected chi connectivity index (χ2v) is 8.65. The standard InChI is InChI=1S/C24H23FN2O4S/c1-3-10-31-20-9-4-15(11-21(20)30-2)18-12-22(28)27-23(19(18)13-26)32-14-24(27,29)16-5-7-17(25)8-6-16/h4-9,11,18,29H,3,10,12,14H2,1-2H3/t18-,24+/m0/s1. The van der Waals surface area contributed by atoms with E-state index >= 15 is 0 Å². The first-order valence-corrected chi connectivity index (χ1v) is 11.3. The van der Waals surface area contributed by atoms with Crippen molar-refractivity contribution in [3.05, 3.63) is 70.0 Å². The van der Waals surface area contributed by atoms with Crippen LogP contribution in [0.2, 0.25) is 0 Å². The van der Waals surface area contributed by atoms with Crippen molar-refractivity contribution in [3.8, 4) is 17.6 Å². The highest BCUT2D eigenvalue weighted by molar-refractivity contribution is 8.03. The Morgan fingerprint density at radius 3 is 2.69 bits per heavy atom. The molecule has 0 bridgehead atoms. The Hall–Kier alpha value is -3.02. The third-order valence-corrected chi connectivity index (χ3v) is 6.89. The molecule has 1 amide bonds. The van der Waals surface area contributed by atoms with Crippen LogP contribution in [-0.4, -0.2) is 35.4 Å². The molecule has 32 heavy (non-hydrogen) atoms. The number of fused-ring (bicyclic) bond motifs is 1. The Balaban J connectivity index is 1.73. The smallest absolute Gasteiger partial charge is 0.231 e. The van der Waals surface area contributed by atoms with Gasteiger partial charge in [0.05, 0.1) is 36.1 Å². The second-order valence-electron chi connectivity index (χ2n) is 7.69.